The van der Waals surface area contributed by atoms with E-state index in [1.54, 1.807) is 11.8 Å². The van der Waals surface area contributed by atoms with Crippen molar-refractivity contribution in [2.75, 3.05) is 26.3 Å². The van der Waals surface area contributed by atoms with E-state index >= 15 is 0 Å². The smallest absolute Gasteiger partial charge is 0.410 e. The van der Waals surface area contributed by atoms with Gasteiger partial charge in [0.15, 0.2) is 5.60 Å². The van der Waals surface area contributed by atoms with Crippen LogP contribution in [0.5, 0.6) is 0 Å². The number of aliphatic hydroxyl groups is 1. The molecule has 0 bridgehead atoms. The minimum absolute atomic E-state index is 0.197. The van der Waals surface area contributed by atoms with Crippen molar-refractivity contribution in [3.8, 4) is 0 Å². The SMILES string of the molecule is CCOCC(O)(C(=O)O)C1CCN(C(=O)OCc2ccccc2)CC1. The van der Waals surface area contributed by atoms with Crippen molar-refractivity contribution in [2.45, 2.75) is 32.0 Å². The van der Waals surface area contributed by atoms with Crippen LogP contribution in [0, 0.1) is 5.92 Å². The zero-order chi connectivity index (χ0) is 18.3. The van der Waals surface area contributed by atoms with E-state index in [-0.39, 0.29) is 13.2 Å². The molecule has 25 heavy (non-hydrogen) atoms. The highest BCUT2D eigenvalue weighted by atomic mass is 16.6. The Morgan fingerprint density at radius 3 is 2.44 bits per heavy atom. The molecule has 7 nitrogen and oxygen atoms in total. The molecule has 7 heteroatoms. The largest absolute Gasteiger partial charge is 0.479 e. The van der Waals surface area contributed by atoms with Crippen LogP contribution in [-0.2, 0) is 20.9 Å². The summed E-state index contributed by atoms with van der Waals surface area (Å²) in [7, 11) is 0. The zero-order valence-electron chi connectivity index (χ0n) is 14.4. The third-order valence-electron chi connectivity index (χ3n) is 4.53. The van der Waals surface area contributed by atoms with Crippen molar-refractivity contribution < 1.29 is 29.3 Å². The van der Waals surface area contributed by atoms with E-state index in [0.717, 1.165) is 5.56 Å². The minimum Gasteiger partial charge on any atom is -0.479 e. The Kier molecular flexibility index (Phi) is 6.78. The van der Waals surface area contributed by atoms with Gasteiger partial charge in [0.25, 0.3) is 0 Å². The molecule has 1 heterocycles. The molecule has 0 spiro atoms. The second kappa shape index (κ2) is 8.82. The molecule has 1 fully saturated rings. The Hall–Kier alpha value is -2.12. The number of aliphatic carboxylic acids is 1. The quantitative estimate of drug-likeness (QED) is 0.779. The summed E-state index contributed by atoms with van der Waals surface area (Å²) in [6.45, 7) is 2.72. The summed E-state index contributed by atoms with van der Waals surface area (Å²) in [4.78, 5) is 25.1. The Morgan fingerprint density at radius 2 is 1.88 bits per heavy atom. The van der Waals surface area contributed by atoms with Crippen LogP contribution in [0.3, 0.4) is 0 Å². The second-order valence-corrected chi connectivity index (χ2v) is 6.17. The molecule has 1 atom stereocenters. The van der Waals surface area contributed by atoms with Crippen molar-refractivity contribution >= 4 is 12.1 Å². The van der Waals surface area contributed by atoms with Crippen molar-refractivity contribution in [2.24, 2.45) is 5.92 Å². The number of nitrogens with zero attached hydrogens (tertiary/aromatic N) is 1. The molecular weight excluding hydrogens is 326 g/mol. The summed E-state index contributed by atoms with van der Waals surface area (Å²) in [6.07, 6.45) is 0.345. The number of carbonyl (C=O) groups is 2. The van der Waals surface area contributed by atoms with Crippen molar-refractivity contribution in [3.05, 3.63) is 35.9 Å². The average molecular weight is 351 g/mol. The molecule has 0 aromatic heterocycles. The number of piperidine rings is 1. The van der Waals surface area contributed by atoms with Gasteiger partial charge in [-0.3, -0.25) is 0 Å². The van der Waals surface area contributed by atoms with Crippen LogP contribution in [-0.4, -0.2) is 59.1 Å². The Bertz CT molecular complexity index is 570. The number of rotatable bonds is 7. The summed E-state index contributed by atoms with van der Waals surface area (Å²) in [5.41, 5.74) is -1.02. The summed E-state index contributed by atoms with van der Waals surface area (Å²) in [5, 5.41) is 19.8. The number of carbonyl (C=O) groups excluding carboxylic acids is 1. The monoisotopic (exact) mass is 351 g/mol. The Labute approximate surface area is 147 Å². The molecule has 1 aliphatic heterocycles. The fourth-order valence-electron chi connectivity index (χ4n) is 2.96. The lowest BCUT2D eigenvalue weighted by Gasteiger charge is -2.38. The van der Waals surface area contributed by atoms with Crippen LogP contribution < -0.4 is 0 Å². The molecule has 0 radical (unpaired) electrons. The second-order valence-electron chi connectivity index (χ2n) is 6.17. The molecule has 1 saturated heterocycles. The number of amides is 1. The highest BCUT2D eigenvalue weighted by Crippen LogP contribution is 2.29. The maximum Gasteiger partial charge on any atom is 0.410 e. The molecule has 0 saturated carbocycles. The molecular formula is C18H25NO6. The summed E-state index contributed by atoms with van der Waals surface area (Å²) >= 11 is 0. The van der Waals surface area contributed by atoms with Gasteiger partial charge in [0.2, 0.25) is 0 Å². The highest BCUT2D eigenvalue weighted by molar-refractivity contribution is 5.78. The topological polar surface area (TPSA) is 96.3 Å². The Balaban J connectivity index is 1.85. The van der Waals surface area contributed by atoms with Gasteiger partial charge in [0, 0.05) is 25.6 Å². The van der Waals surface area contributed by atoms with E-state index in [2.05, 4.69) is 0 Å². The molecule has 2 N–H and O–H groups in total. The fourth-order valence-corrected chi connectivity index (χ4v) is 2.96. The summed E-state index contributed by atoms with van der Waals surface area (Å²) in [5.74, 6) is -1.75. The number of benzene rings is 1. The standard InChI is InChI=1S/C18H25NO6/c1-2-24-13-18(23,16(20)21)15-8-10-19(11-9-15)17(22)25-12-14-6-4-3-5-7-14/h3-7,15,23H,2,8-13H2,1H3,(H,20,21). The van der Waals surface area contributed by atoms with Crippen LogP contribution in [0.2, 0.25) is 0 Å². The summed E-state index contributed by atoms with van der Waals surface area (Å²) in [6, 6.07) is 9.39. The normalized spacial score (nSPS) is 17.8. The van der Waals surface area contributed by atoms with E-state index in [4.69, 9.17) is 9.47 Å². The van der Waals surface area contributed by atoms with Crippen molar-refractivity contribution in [1.29, 1.82) is 0 Å². The van der Waals surface area contributed by atoms with Gasteiger partial charge >= 0.3 is 12.1 Å². The maximum absolute atomic E-state index is 12.1. The first-order chi connectivity index (χ1) is 12.0. The van der Waals surface area contributed by atoms with Gasteiger partial charge in [-0.1, -0.05) is 30.3 Å². The molecule has 138 valence electrons. The molecule has 1 aliphatic rings. The first-order valence-electron chi connectivity index (χ1n) is 8.46. The van der Waals surface area contributed by atoms with Gasteiger partial charge in [-0.2, -0.15) is 0 Å². The van der Waals surface area contributed by atoms with Crippen LogP contribution in [0.1, 0.15) is 25.3 Å². The van der Waals surface area contributed by atoms with Gasteiger partial charge < -0.3 is 24.6 Å². The molecule has 2 rings (SSSR count). The highest BCUT2D eigenvalue weighted by Gasteiger charge is 2.46. The zero-order valence-corrected chi connectivity index (χ0v) is 14.4. The summed E-state index contributed by atoms with van der Waals surface area (Å²) < 4.78 is 10.4. The van der Waals surface area contributed by atoms with Crippen molar-refractivity contribution in [3.63, 3.8) is 0 Å². The number of carboxylic acids is 1. The minimum atomic E-state index is -1.92. The van der Waals surface area contributed by atoms with Gasteiger partial charge in [-0.05, 0) is 25.3 Å². The molecule has 0 aliphatic carbocycles. The number of hydrogen-bond acceptors (Lipinski definition) is 5. The van der Waals surface area contributed by atoms with Crippen molar-refractivity contribution in [1.82, 2.24) is 4.90 Å². The third kappa shape index (κ3) is 4.93. The fraction of sp³-hybridized carbons (Fsp3) is 0.556. The van der Waals surface area contributed by atoms with Gasteiger partial charge in [-0.15, -0.1) is 0 Å². The van der Waals surface area contributed by atoms with E-state index < -0.39 is 23.6 Å². The number of likely N-dealkylation sites (tertiary alicyclic amines) is 1. The predicted octanol–water partition coefficient (Wildman–Crippen LogP) is 1.89. The first-order valence-corrected chi connectivity index (χ1v) is 8.46. The van der Waals surface area contributed by atoms with Gasteiger partial charge in [0.1, 0.15) is 6.61 Å². The maximum atomic E-state index is 12.1. The number of ether oxygens (including phenoxy) is 2. The van der Waals surface area contributed by atoms with Crippen LogP contribution in [0.25, 0.3) is 0 Å². The Morgan fingerprint density at radius 1 is 1.24 bits per heavy atom. The lowest BCUT2D eigenvalue weighted by molar-refractivity contribution is -0.176. The van der Waals surface area contributed by atoms with Crippen LogP contribution in [0.4, 0.5) is 4.79 Å². The first kappa shape index (κ1) is 19.2. The molecule has 1 aromatic carbocycles. The lowest BCUT2D eigenvalue weighted by Crippen LogP contribution is -2.54. The lowest BCUT2D eigenvalue weighted by atomic mass is 9.81. The molecule has 1 aromatic rings. The molecule has 1 unspecified atom stereocenters. The van der Waals surface area contributed by atoms with Gasteiger partial charge in [-0.25, -0.2) is 9.59 Å². The van der Waals surface area contributed by atoms with Crippen LogP contribution >= 0.6 is 0 Å². The number of hydrogen-bond donors (Lipinski definition) is 2. The van der Waals surface area contributed by atoms with E-state index in [0.29, 0.717) is 32.5 Å². The van der Waals surface area contributed by atoms with E-state index in [1.165, 1.54) is 0 Å². The predicted molar refractivity (Wildman–Crippen MR) is 90.0 cm³/mol. The average Bonchev–Trinajstić information content (AvgIpc) is 2.65. The number of carboxylic acid groups (broad SMARTS) is 1. The molecule has 1 amide bonds. The van der Waals surface area contributed by atoms with E-state index in [9.17, 15) is 19.8 Å². The van der Waals surface area contributed by atoms with E-state index in [1.807, 2.05) is 30.3 Å². The third-order valence-corrected chi connectivity index (χ3v) is 4.53. The van der Waals surface area contributed by atoms with Gasteiger partial charge in [0.05, 0.1) is 6.61 Å². The van der Waals surface area contributed by atoms with Crippen LogP contribution in [0.15, 0.2) is 30.3 Å².